The van der Waals surface area contributed by atoms with Gasteiger partial charge in [0.25, 0.3) is 0 Å². The number of rotatable bonds is 2. The van der Waals surface area contributed by atoms with Gasteiger partial charge >= 0.3 is 10.1 Å². The molecule has 1 aromatic heterocycles. The molecular weight excluding hydrogens is 272 g/mol. The first-order valence-electron chi connectivity index (χ1n) is 2.97. The summed E-state index contributed by atoms with van der Waals surface area (Å²) in [6.45, 7) is 0. The third-order valence-electron chi connectivity index (χ3n) is 1.23. The van der Waals surface area contributed by atoms with E-state index in [9.17, 15) is 16.8 Å². The topological polar surface area (TPSA) is 88.5 Å². The zero-order valence-electron chi connectivity index (χ0n) is 6.87. The predicted molar refractivity (Wildman–Crippen MR) is 54.5 cm³/mol. The van der Waals surface area contributed by atoms with E-state index in [1.807, 2.05) is 0 Å². The summed E-state index contributed by atoms with van der Waals surface area (Å²) >= 11 is 0.666. The van der Waals surface area contributed by atoms with Crippen LogP contribution in [0.15, 0.2) is 20.6 Å². The Bertz CT molecular complexity index is 465. The van der Waals surface area contributed by atoms with Crippen molar-refractivity contribution < 1.29 is 21.4 Å². The summed E-state index contributed by atoms with van der Waals surface area (Å²) in [4.78, 5) is -0.106. The molecule has 9 heteroatoms. The summed E-state index contributed by atoms with van der Waals surface area (Å²) in [5, 5.41) is 1.17. The second-order valence-electron chi connectivity index (χ2n) is 2.35. The molecule has 0 spiro atoms. The lowest BCUT2D eigenvalue weighted by Crippen LogP contribution is -1.96. The summed E-state index contributed by atoms with van der Waals surface area (Å²) in [5.74, 6) is 0. The first-order valence-corrected chi connectivity index (χ1v) is 7.18. The van der Waals surface area contributed by atoms with Crippen molar-refractivity contribution in [3.8, 4) is 0 Å². The van der Waals surface area contributed by atoms with Crippen LogP contribution in [0.1, 0.15) is 0 Å². The highest BCUT2D eigenvalue weighted by Crippen LogP contribution is 2.22. The van der Waals surface area contributed by atoms with Gasteiger partial charge in [0.2, 0.25) is 0 Å². The summed E-state index contributed by atoms with van der Waals surface area (Å²) in [5.41, 5.74) is 0. The van der Waals surface area contributed by atoms with Gasteiger partial charge in [0.05, 0.1) is 4.90 Å². The van der Waals surface area contributed by atoms with Gasteiger partial charge in [0, 0.05) is 11.6 Å². The highest BCUT2D eigenvalue weighted by molar-refractivity contribution is 7.91. The maximum atomic E-state index is 10.9. The second-order valence-corrected chi connectivity index (χ2v) is 6.92. The molecule has 0 saturated carbocycles. The van der Waals surface area contributed by atoms with E-state index >= 15 is 0 Å². The lowest BCUT2D eigenvalue weighted by Gasteiger charge is -1.89. The number of hydrogen-bond acceptors (Lipinski definition) is 5. The van der Waals surface area contributed by atoms with Crippen molar-refractivity contribution in [1.82, 2.24) is 0 Å². The van der Waals surface area contributed by atoms with E-state index in [1.165, 1.54) is 5.38 Å². The molecule has 82 valence electrons. The maximum absolute atomic E-state index is 10.9. The monoisotopic (exact) mass is 278 g/mol. The zero-order chi connectivity index (χ0) is 10.3. The van der Waals surface area contributed by atoms with Crippen molar-refractivity contribution >= 4 is 43.7 Å². The van der Waals surface area contributed by atoms with Crippen LogP contribution in [0.5, 0.6) is 0 Å². The van der Waals surface area contributed by atoms with Gasteiger partial charge in [-0.25, -0.2) is 8.42 Å². The molecule has 0 bridgehead atoms. The highest BCUT2D eigenvalue weighted by Gasteiger charge is 2.17. The molecule has 0 aromatic carbocycles. The van der Waals surface area contributed by atoms with Gasteiger partial charge in [-0.1, -0.05) is 0 Å². The van der Waals surface area contributed by atoms with E-state index in [4.69, 9.17) is 4.55 Å². The SMILES string of the molecule is CS(=O)(=O)c1csc(S(=O)(=O)O)c1.Cl. The Balaban J connectivity index is 0.00000169. The molecule has 0 aliphatic carbocycles. The Kier molecular flexibility index (Phi) is 4.11. The third-order valence-corrected chi connectivity index (χ3v) is 4.74. The van der Waals surface area contributed by atoms with Crippen molar-refractivity contribution in [1.29, 1.82) is 0 Å². The Hall–Kier alpha value is -0.150. The molecule has 0 fully saturated rings. The molecule has 1 heterocycles. The average Bonchev–Trinajstić information content (AvgIpc) is 2.28. The van der Waals surface area contributed by atoms with Crippen molar-refractivity contribution in [2.45, 2.75) is 9.10 Å². The van der Waals surface area contributed by atoms with Crippen molar-refractivity contribution in [3.05, 3.63) is 11.4 Å². The van der Waals surface area contributed by atoms with Gasteiger partial charge in [-0.15, -0.1) is 23.7 Å². The largest absolute Gasteiger partial charge is 0.304 e. The van der Waals surface area contributed by atoms with Crippen LogP contribution in [0.3, 0.4) is 0 Å². The summed E-state index contributed by atoms with van der Waals surface area (Å²) < 4.78 is 51.1. The minimum absolute atomic E-state index is 0. The van der Waals surface area contributed by atoms with Crippen LogP contribution < -0.4 is 0 Å². The predicted octanol–water partition coefficient (Wildman–Crippen LogP) is 0.820. The molecule has 0 radical (unpaired) electrons. The number of hydrogen-bond donors (Lipinski definition) is 1. The Morgan fingerprint density at radius 1 is 1.29 bits per heavy atom. The minimum Gasteiger partial charge on any atom is -0.281 e. The molecule has 0 atom stereocenters. The molecule has 0 saturated heterocycles. The first kappa shape index (κ1) is 13.8. The molecule has 1 rings (SSSR count). The smallest absolute Gasteiger partial charge is 0.281 e. The van der Waals surface area contributed by atoms with E-state index in [1.54, 1.807) is 0 Å². The van der Waals surface area contributed by atoms with Gasteiger partial charge in [0.15, 0.2) is 9.84 Å². The number of thiophene rings is 1. The standard InChI is InChI=1S/C5H6O5S3.ClH/c1-12(6,7)4-2-5(11-3-4)13(8,9)10;/h2-3H,1H3,(H,8,9,10);1H. The third kappa shape index (κ3) is 3.21. The van der Waals surface area contributed by atoms with Crippen LogP contribution in [0.2, 0.25) is 0 Å². The molecule has 0 aliphatic heterocycles. The van der Waals surface area contributed by atoms with Gasteiger partial charge in [-0.2, -0.15) is 8.42 Å². The van der Waals surface area contributed by atoms with Gasteiger partial charge in [-0.05, 0) is 6.07 Å². The van der Waals surface area contributed by atoms with E-state index in [-0.39, 0.29) is 21.5 Å². The molecule has 0 aliphatic rings. The van der Waals surface area contributed by atoms with Crippen LogP contribution in [0.4, 0.5) is 0 Å². The van der Waals surface area contributed by atoms with E-state index in [2.05, 4.69) is 0 Å². The fourth-order valence-electron chi connectivity index (χ4n) is 0.630. The van der Waals surface area contributed by atoms with Gasteiger partial charge in [-0.3, -0.25) is 4.55 Å². The molecular formula is C5H7ClO5S3. The Labute approximate surface area is 91.8 Å². The fraction of sp³-hybridized carbons (Fsp3) is 0.200. The molecule has 1 aromatic rings. The van der Waals surface area contributed by atoms with Crippen LogP contribution in [-0.2, 0) is 20.0 Å². The van der Waals surface area contributed by atoms with Crippen LogP contribution in [0, 0.1) is 0 Å². The van der Waals surface area contributed by atoms with Gasteiger partial charge in [0.1, 0.15) is 4.21 Å². The van der Waals surface area contributed by atoms with E-state index in [0.717, 1.165) is 12.3 Å². The maximum Gasteiger partial charge on any atom is 0.304 e. The molecule has 1 N–H and O–H groups in total. The molecule has 0 amide bonds. The molecule has 5 nitrogen and oxygen atoms in total. The Morgan fingerprint density at radius 3 is 2.00 bits per heavy atom. The first-order chi connectivity index (χ1) is 5.71. The minimum atomic E-state index is -4.29. The number of sulfone groups is 1. The lowest BCUT2D eigenvalue weighted by atomic mass is 10.7. The zero-order valence-corrected chi connectivity index (χ0v) is 10.1. The quantitative estimate of drug-likeness (QED) is 0.809. The van der Waals surface area contributed by atoms with E-state index < -0.39 is 20.0 Å². The van der Waals surface area contributed by atoms with Crippen molar-refractivity contribution in [3.63, 3.8) is 0 Å². The van der Waals surface area contributed by atoms with E-state index in [0.29, 0.717) is 11.3 Å². The lowest BCUT2D eigenvalue weighted by molar-refractivity contribution is 0.485. The summed E-state index contributed by atoms with van der Waals surface area (Å²) in [6, 6.07) is 0.926. The van der Waals surface area contributed by atoms with Gasteiger partial charge < -0.3 is 0 Å². The summed E-state index contributed by atoms with van der Waals surface area (Å²) in [6.07, 6.45) is 0.961. The second kappa shape index (κ2) is 4.15. The molecule has 14 heavy (non-hydrogen) atoms. The van der Waals surface area contributed by atoms with Crippen molar-refractivity contribution in [2.75, 3.05) is 6.26 Å². The molecule has 0 unspecified atom stereocenters. The Morgan fingerprint density at radius 2 is 1.79 bits per heavy atom. The average molecular weight is 279 g/mol. The van der Waals surface area contributed by atoms with Crippen LogP contribution in [-0.4, -0.2) is 27.6 Å². The normalized spacial score (nSPS) is 12.1. The number of halogens is 1. The van der Waals surface area contributed by atoms with Crippen LogP contribution >= 0.6 is 23.7 Å². The highest BCUT2D eigenvalue weighted by atomic mass is 35.5. The van der Waals surface area contributed by atoms with Crippen LogP contribution in [0.25, 0.3) is 0 Å². The van der Waals surface area contributed by atoms with Crippen molar-refractivity contribution in [2.24, 2.45) is 0 Å². The summed E-state index contributed by atoms with van der Waals surface area (Å²) in [7, 11) is -7.70. The fourth-order valence-corrected chi connectivity index (χ4v) is 3.36.